The number of hydrogen-bond donors (Lipinski definition) is 1. The van der Waals surface area contributed by atoms with Gasteiger partial charge in [0.05, 0.1) is 17.1 Å². The molecule has 0 saturated heterocycles. The van der Waals surface area contributed by atoms with E-state index in [2.05, 4.69) is 0 Å². The zero-order valence-electron chi connectivity index (χ0n) is 20.7. The zero-order chi connectivity index (χ0) is 26.5. The van der Waals surface area contributed by atoms with Gasteiger partial charge in [0, 0.05) is 19.2 Å². The molecule has 2 N–H and O–H groups in total. The number of benzene rings is 3. The van der Waals surface area contributed by atoms with Gasteiger partial charge in [-0.15, -0.1) is 0 Å². The first kappa shape index (κ1) is 24.7. The summed E-state index contributed by atoms with van der Waals surface area (Å²) in [6.07, 6.45) is 0. The van der Waals surface area contributed by atoms with Gasteiger partial charge in [-0.25, -0.2) is 18.4 Å². The van der Waals surface area contributed by atoms with E-state index in [1.165, 1.54) is 23.7 Å². The van der Waals surface area contributed by atoms with Crippen LogP contribution in [0.15, 0.2) is 81.2 Å². The van der Waals surface area contributed by atoms with Crippen molar-refractivity contribution in [3.8, 4) is 11.3 Å². The van der Waals surface area contributed by atoms with Gasteiger partial charge < -0.3 is 0 Å². The molecule has 0 aliphatic carbocycles. The van der Waals surface area contributed by atoms with Crippen LogP contribution in [-0.4, -0.2) is 27.3 Å². The minimum Gasteiger partial charge on any atom is -0.276 e. The molecule has 9 nitrogen and oxygen atoms in total. The summed E-state index contributed by atoms with van der Waals surface area (Å²) in [6, 6.07) is 20.0. The maximum absolute atomic E-state index is 13.5. The van der Waals surface area contributed by atoms with E-state index in [1.54, 1.807) is 16.8 Å². The van der Waals surface area contributed by atoms with Crippen LogP contribution in [0.2, 0.25) is 0 Å². The van der Waals surface area contributed by atoms with Gasteiger partial charge in [0.15, 0.2) is 5.65 Å². The molecule has 2 heterocycles. The third-order valence-electron chi connectivity index (χ3n) is 6.41. The van der Waals surface area contributed by atoms with E-state index in [0.29, 0.717) is 24.3 Å². The SMILES string of the molecule is CC(C)Cn1c(=O)n(C)c(=O)c2c(-c3cccc(S(N)(=O)=O)c3)n(Cc3cccc4ccccc34)nc21. The molecule has 0 atom stereocenters. The maximum Gasteiger partial charge on any atom is 0.332 e. The van der Waals surface area contributed by atoms with E-state index in [-0.39, 0.29) is 21.8 Å². The van der Waals surface area contributed by atoms with Crippen LogP contribution in [0.25, 0.3) is 33.1 Å². The Morgan fingerprint density at radius 1 is 0.973 bits per heavy atom. The molecule has 2 aromatic heterocycles. The van der Waals surface area contributed by atoms with Crippen LogP contribution in [-0.2, 0) is 30.2 Å². The molecule has 5 aromatic rings. The Morgan fingerprint density at radius 2 is 1.68 bits per heavy atom. The number of fused-ring (bicyclic) bond motifs is 2. The van der Waals surface area contributed by atoms with Gasteiger partial charge in [-0.3, -0.25) is 18.6 Å². The molecule has 190 valence electrons. The lowest BCUT2D eigenvalue weighted by molar-refractivity contribution is 0.498. The quantitative estimate of drug-likeness (QED) is 0.371. The van der Waals surface area contributed by atoms with Crippen LogP contribution in [0.4, 0.5) is 0 Å². The Balaban J connectivity index is 1.87. The summed E-state index contributed by atoms with van der Waals surface area (Å²) in [6.45, 7) is 4.62. The van der Waals surface area contributed by atoms with Crippen molar-refractivity contribution in [2.75, 3.05) is 0 Å². The van der Waals surface area contributed by atoms with Crippen LogP contribution in [0.1, 0.15) is 19.4 Å². The predicted octanol–water partition coefficient (Wildman–Crippen LogP) is 3.07. The number of rotatable bonds is 6. The van der Waals surface area contributed by atoms with E-state index in [9.17, 15) is 18.0 Å². The van der Waals surface area contributed by atoms with E-state index in [1.807, 2.05) is 56.3 Å². The highest BCUT2D eigenvalue weighted by atomic mass is 32.2. The van der Waals surface area contributed by atoms with Crippen molar-refractivity contribution in [1.82, 2.24) is 18.9 Å². The van der Waals surface area contributed by atoms with Gasteiger partial charge in [0.25, 0.3) is 5.56 Å². The molecule has 0 amide bonds. The molecular formula is C27H27N5O4S. The molecule has 10 heteroatoms. The fraction of sp³-hybridized carbons (Fsp3) is 0.222. The first-order chi connectivity index (χ1) is 17.6. The van der Waals surface area contributed by atoms with Crippen LogP contribution < -0.4 is 16.4 Å². The van der Waals surface area contributed by atoms with Crippen LogP contribution >= 0.6 is 0 Å². The van der Waals surface area contributed by atoms with Crippen molar-refractivity contribution in [1.29, 1.82) is 0 Å². The smallest absolute Gasteiger partial charge is 0.276 e. The van der Waals surface area contributed by atoms with E-state index in [0.717, 1.165) is 20.9 Å². The first-order valence-corrected chi connectivity index (χ1v) is 13.4. The second-order valence-corrected chi connectivity index (χ2v) is 11.1. The zero-order valence-corrected chi connectivity index (χ0v) is 21.6. The van der Waals surface area contributed by atoms with E-state index >= 15 is 0 Å². The number of sulfonamides is 1. The van der Waals surface area contributed by atoms with Crippen molar-refractivity contribution < 1.29 is 8.42 Å². The van der Waals surface area contributed by atoms with E-state index < -0.39 is 21.3 Å². The summed E-state index contributed by atoms with van der Waals surface area (Å²) >= 11 is 0. The van der Waals surface area contributed by atoms with Gasteiger partial charge in [-0.1, -0.05) is 68.4 Å². The number of primary sulfonamides is 1. The van der Waals surface area contributed by atoms with Crippen molar-refractivity contribution in [2.24, 2.45) is 18.1 Å². The summed E-state index contributed by atoms with van der Waals surface area (Å²) in [5, 5.41) is 12.5. The minimum atomic E-state index is -3.99. The summed E-state index contributed by atoms with van der Waals surface area (Å²) in [5.74, 6) is 0.121. The molecule has 0 radical (unpaired) electrons. The average Bonchev–Trinajstić information content (AvgIpc) is 3.24. The van der Waals surface area contributed by atoms with Gasteiger partial charge in [-0.2, -0.15) is 5.10 Å². The Bertz CT molecular complexity index is 1890. The molecule has 0 unspecified atom stereocenters. The molecule has 0 aliphatic rings. The van der Waals surface area contributed by atoms with Crippen molar-refractivity contribution in [3.63, 3.8) is 0 Å². The summed E-state index contributed by atoms with van der Waals surface area (Å²) in [5.41, 5.74) is 1.15. The van der Waals surface area contributed by atoms with Crippen LogP contribution in [0.3, 0.4) is 0 Å². The highest BCUT2D eigenvalue weighted by Gasteiger charge is 2.24. The number of aromatic nitrogens is 4. The Hall–Kier alpha value is -4.02. The molecule has 0 fully saturated rings. The number of hydrogen-bond acceptors (Lipinski definition) is 5. The summed E-state index contributed by atoms with van der Waals surface area (Å²) < 4.78 is 28.5. The highest BCUT2D eigenvalue weighted by Crippen LogP contribution is 2.30. The second-order valence-electron chi connectivity index (χ2n) is 9.57. The molecule has 0 spiro atoms. The predicted molar refractivity (Wildman–Crippen MR) is 144 cm³/mol. The third-order valence-corrected chi connectivity index (χ3v) is 7.32. The molecule has 37 heavy (non-hydrogen) atoms. The molecule has 3 aromatic carbocycles. The summed E-state index contributed by atoms with van der Waals surface area (Å²) in [4.78, 5) is 26.5. The van der Waals surface area contributed by atoms with Crippen molar-refractivity contribution in [2.45, 2.75) is 31.8 Å². The fourth-order valence-corrected chi connectivity index (χ4v) is 5.27. The molecule has 0 saturated carbocycles. The monoisotopic (exact) mass is 517 g/mol. The van der Waals surface area contributed by atoms with E-state index in [4.69, 9.17) is 10.2 Å². The number of nitrogens with zero attached hydrogens (tertiary/aromatic N) is 4. The Labute approximate surface area is 213 Å². The topological polar surface area (TPSA) is 122 Å². The van der Waals surface area contributed by atoms with Crippen molar-refractivity contribution in [3.05, 3.63) is 93.1 Å². The molecule has 0 aliphatic heterocycles. The lowest BCUT2D eigenvalue weighted by atomic mass is 10.0. The number of nitrogens with two attached hydrogens (primary N) is 1. The van der Waals surface area contributed by atoms with Gasteiger partial charge >= 0.3 is 5.69 Å². The van der Waals surface area contributed by atoms with Gasteiger partial charge in [-0.05, 0) is 34.4 Å². The maximum atomic E-state index is 13.5. The molecule has 0 bridgehead atoms. The second kappa shape index (κ2) is 9.13. The fourth-order valence-electron chi connectivity index (χ4n) is 4.71. The molecular weight excluding hydrogens is 490 g/mol. The molecule has 5 rings (SSSR count). The largest absolute Gasteiger partial charge is 0.332 e. The average molecular weight is 518 g/mol. The van der Waals surface area contributed by atoms with Crippen molar-refractivity contribution >= 4 is 31.8 Å². The summed E-state index contributed by atoms with van der Waals surface area (Å²) in [7, 11) is -2.55. The highest BCUT2D eigenvalue weighted by molar-refractivity contribution is 7.89. The standard InChI is InChI=1S/C27H27N5O4S/c1-17(2)15-31-25-23(26(33)30(3)27(31)34)24(19-10-7-12-21(14-19)37(28,35)36)32(29-25)16-20-11-6-9-18-8-4-5-13-22(18)20/h4-14,17H,15-16H2,1-3H3,(H2,28,35,36). The third kappa shape index (κ3) is 4.38. The van der Waals surface area contributed by atoms with Gasteiger partial charge in [0.2, 0.25) is 10.0 Å². The Kier molecular flexibility index (Phi) is 6.09. The lowest BCUT2D eigenvalue weighted by Crippen LogP contribution is -2.38. The minimum absolute atomic E-state index is 0.0802. The van der Waals surface area contributed by atoms with Crippen LogP contribution in [0.5, 0.6) is 0 Å². The lowest BCUT2D eigenvalue weighted by Gasteiger charge is -2.12. The normalized spacial score (nSPS) is 12.1. The first-order valence-electron chi connectivity index (χ1n) is 11.9. The van der Waals surface area contributed by atoms with Gasteiger partial charge in [0.1, 0.15) is 5.39 Å². The van der Waals surface area contributed by atoms with Crippen LogP contribution in [0, 0.1) is 5.92 Å². The Morgan fingerprint density at radius 3 is 2.41 bits per heavy atom.